The van der Waals surface area contributed by atoms with Crippen molar-refractivity contribution in [2.45, 2.75) is 32.1 Å². The molecular formula is C13H18N2O3S. The van der Waals surface area contributed by atoms with Crippen LogP contribution in [0.5, 0.6) is 0 Å². The summed E-state index contributed by atoms with van der Waals surface area (Å²) in [4.78, 5) is 13.4. The van der Waals surface area contributed by atoms with Gasteiger partial charge in [0.05, 0.1) is 0 Å². The molecule has 1 saturated heterocycles. The first-order valence-corrected chi connectivity index (χ1v) is 7.73. The minimum absolute atomic E-state index is 0.0103. The first-order valence-electron chi connectivity index (χ1n) is 6.12. The molecular weight excluding hydrogens is 264 g/mol. The van der Waals surface area contributed by atoms with Crippen molar-refractivity contribution in [2.24, 2.45) is 5.14 Å². The predicted octanol–water partition coefficient (Wildman–Crippen LogP) is 0.693. The van der Waals surface area contributed by atoms with Crippen LogP contribution >= 0.6 is 0 Å². The number of aryl methyl sites for hydroxylation is 2. The van der Waals surface area contributed by atoms with Crippen LogP contribution in [0.3, 0.4) is 0 Å². The number of nitrogens with two attached hydrogens (primary N) is 1. The molecule has 104 valence electrons. The van der Waals surface area contributed by atoms with Crippen LogP contribution < -0.4 is 5.14 Å². The molecule has 1 aromatic carbocycles. The molecule has 1 heterocycles. The maximum Gasteiger partial charge on any atom is 0.224 e. The van der Waals surface area contributed by atoms with Crippen LogP contribution in [0.15, 0.2) is 18.2 Å². The lowest BCUT2D eigenvalue weighted by molar-refractivity contribution is -0.128. The summed E-state index contributed by atoms with van der Waals surface area (Å²) in [5.74, 6) is -0.154. The van der Waals surface area contributed by atoms with E-state index in [2.05, 4.69) is 6.07 Å². The van der Waals surface area contributed by atoms with E-state index < -0.39 is 15.3 Å². The molecule has 2 rings (SSSR count). The van der Waals surface area contributed by atoms with Gasteiger partial charge in [0.15, 0.2) is 0 Å². The van der Waals surface area contributed by atoms with Crippen LogP contribution in [0.25, 0.3) is 0 Å². The third-order valence-corrected chi connectivity index (χ3v) is 4.54. The van der Waals surface area contributed by atoms with E-state index in [1.54, 1.807) is 4.90 Å². The normalized spacial score (nSPS) is 20.1. The second-order valence-corrected chi connectivity index (χ2v) is 7.03. The number of benzene rings is 1. The van der Waals surface area contributed by atoms with Crippen molar-refractivity contribution in [3.05, 3.63) is 34.9 Å². The number of nitrogens with zero attached hydrogens (tertiary/aromatic N) is 1. The van der Waals surface area contributed by atoms with E-state index in [1.807, 2.05) is 26.0 Å². The molecule has 0 radical (unpaired) electrons. The summed E-state index contributed by atoms with van der Waals surface area (Å²) in [5.41, 5.74) is 3.27. The van der Waals surface area contributed by atoms with Crippen molar-refractivity contribution < 1.29 is 13.2 Å². The summed E-state index contributed by atoms with van der Waals surface area (Å²) in [7, 11) is -3.64. The summed E-state index contributed by atoms with van der Waals surface area (Å²) in [5, 5.41) is 4.33. The molecule has 2 N–H and O–H groups in total. The van der Waals surface area contributed by atoms with Gasteiger partial charge in [-0.15, -0.1) is 0 Å². The molecule has 0 aromatic heterocycles. The highest BCUT2D eigenvalue weighted by atomic mass is 32.2. The molecule has 19 heavy (non-hydrogen) atoms. The summed E-state index contributed by atoms with van der Waals surface area (Å²) in [6.07, 6.45) is -0.0103. The van der Waals surface area contributed by atoms with Crippen molar-refractivity contribution in [1.82, 2.24) is 4.90 Å². The standard InChI is InChI=1S/C13H18N2O3S/c1-9-3-10(2)5-11(4-9)7-15-8-12(6-13(15)16)19(14,17)18/h3-5,12H,6-8H2,1-2H3,(H2,14,17,18). The molecule has 1 aliphatic heterocycles. The third kappa shape index (κ3) is 3.33. The fraction of sp³-hybridized carbons (Fsp3) is 0.462. The van der Waals surface area contributed by atoms with Crippen molar-refractivity contribution in [3.63, 3.8) is 0 Å². The Labute approximate surface area is 113 Å². The molecule has 5 nitrogen and oxygen atoms in total. The molecule has 1 amide bonds. The molecule has 1 aliphatic rings. The monoisotopic (exact) mass is 282 g/mol. The summed E-state index contributed by atoms with van der Waals surface area (Å²) >= 11 is 0. The van der Waals surface area contributed by atoms with Crippen LogP contribution in [-0.2, 0) is 21.4 Å². The molecule has 0 aliphatic carbocycles. The Bertz CT molecular complexity index is 590. The number of hydrogen-bond acceptors (Lipinski definition) is 3. The summed E-state index contributed by atoms with van der Waals surface area (Å²) < 4.78 is 22.6. The van der Waals surface area contributed by atoms with Crippen molar-refractivity contribution in [2.75, 3.05) is 6.54 Å². The lowest BCUT2D eigenvalue weighted by Gasteiger charge is -2.17. The average Bonchev–Trinajstić information content (AvgIpc) is 2.58. The Morgan fingerprint density at radius 1 is 1.26 bits per heavy atom. The van der Waals surface area contributed by atoms with Gasteiger partial charge < -0.3 is 4.90 Å². The van der Waals surface area contributed by atoms with Gasteiger partial charge in [0, 0.05) is 19.5 Å². The highest BCUT2D eigenvalue weighted by molar-refractivity contribution is 7.89. The van der Waals surface area contributed by atoms with Gasteiger partial charge in [-0.1, -0.05) is 29.3 Å². The maximum absolute atomic E-state index is 11.8. The Balaban J connectivity index is 2.14. The minimum Gasteiger partial charge on any atom is -0.337 e. The van der Waals surface area contributed by atoms with Gasteiger partial charge in [-0.3, -0.25) is 4.79 Å². The fourth-order valence-electron chi connectivity index (χ4n) is 2.49. The van der Waals surface area contributed by atoms with E-state index in [4.69, 9.17) is 5.14 Å². The zero-order valence-corrected chi connectivity index (χ0v) is 11.9. The van der Waals surface area contributed by atoms with Crippen molar-refractivity contribution in [3.8, 4) is 0 Å². The molecule has 1 atom stereocenters. The number of hydrogen-bond donors (Lipinski definition) is 1. The molecule has 0 saturated carbocycles. The largest absolute Gasteiger partial charge is 0.337 e. The molecule has 0 bridgehead atoms. The van der Waals surface area contributed by atoms with E-state index >= 15 is 0 Å². The van der Waals surface area contributed by atoms with Crippen LogP contribution in [-0.4, -0.2) is 31.0 Å². The molecule has 0 spiro atoms. The van der Waals surface area contributed by atoms with E-state index in [0.717, 1.165) is 16.7 Å². The molecule has 1 aromatic rings. The molecule has 6 heteroatoms. The van der Waals surface area contributed by atoms with E-state index in [0.29, 0.717) is 6.54 Å². The predicted molar refractivity (Wildman–Crippen MR) is 72.8 cm³/mol. The Kier molecular flexibility index (Phi) is 3.64. The first-order chi connectivity index (χ1) is 8.75. The van der Waals surface area contributed by atoms with Crippen LogP contribution in [0.1, 0.15) is 23.1 Å². The number of rotatable bonds is 3. The zero-order chi connectivity index (χ0) is 14.2. The first kappa shape index (κ1) is 14.0. The quantitative estimate of drug-likeness (QED) is 0.886. The van der Waals surface area contributed by atoms with Gasteiger partial charge in [-0.2, -0.15) is 0 Å². The number of likely N-dealkylation sites (tertiary alicyclic amines) is 1. The second-order valence-electron chi connectivity index (χ2n) is 5.19. The minimum atomic E-state index is -3.64. The summed E-state index contributed by atoms with van der Waals surface area (Å²) in [6, 6.07) is 6.07. The Morgan fingerprint density at radius 3 is 2.32 bits per heavy atom. The number of carbonyl (C=O) groups is 1. The smallest absolute Gasteiger partial charge is 0.224 e. The average molecular weight is 282 g/mol. The highest BCUT2D eigenvalue weighted by Crippen LogP contribution is 2.20. The van der Waals surface area contributed by atoms with Crippen LogP contribution in [0.4, 0.5) is 0 Å². The topological polar surface area (TPSA) is 80.5 Å². The SMILES string of the molecule is Cc1cc(C)cc(CN2CC(S(N)(=O)=O)CC2=O)c1. The van der Waals surface area contributed by atoms with Crippen molar-refractivity contribution in [1.29, 1.82) is 0 Å². The van der Waals surface area contributed by atoms with Gasteiger partial charge in [0.25, 0.3) is 0 Å². The Hall–Kier alpha value is -1.40. The maximum atomic E-state index is 11.8. The van der Waals surface area contributed by atoms with Crippen molar-refractivity contribution >= 4 is 15.9 Å². The molecule has 1 fully saturated rings. The summed E-state index contributed by atoms with van der Waals surface area (Å²) in [6.45, 7) is 4.61. The van der Waals surface area contributed by atoms with Gasteiger partial charge in [-0.05, 0) is 19.4 Å². The molecule has 1 unspecified atom stereocenters. The second kappa shape index (κ2) is 4.94. The van der Waals surface area contributed by atoms with Crippen LogP contribution in [0.2, 0.25) is 0 Å². The van der Waals surface area contributed by atoms with Gasteiger partial charge in [0.1, 0.15) is 5.25 Å². The fourth-order valence-corrected chi connectivity index (χ4v) is 3.25. The van der Waals surface area contributed by atoms with Gasteiger partial charge in [-0.25, -0.2) is 13.6 Å². The van der Waals surface area contributed by atoms with E-state index in [-0.39, 0.29) is 18.9 Å². The number of sulfonamides is 1. The highest BCUT2D eigenvalue weighted by Gasteiger charge is 2.36. The zero-order valence-electron chi connectivity index (χ0n) is 11.1. The lowest BCUT2D eigenvalue weighted by atomic mass is 10.1. The van der Waals surface area contributed by atoms with Gasteiger partial charge in [0.2, 0.25) is 15.9 Å². The number of amides is 1. The third-order valence-electron chi connectivity index (χ3n) is 3.30. The van der Waals surface area contributed by atoms with E-state index in [9.17, 15) is 13.2 Å². The number of carbonyl (C=O) groups excluding carboxylic acids is 1. The van der Waals surface area contributed by atoms with E-state index in [1.165, 1.54) is 0 Å². The Morgan fingerprint density at radius 2 is 1.84 bits per heavy atom. The number of primary sulfonamides is 1. The van der Waals surface area contributed by atoms with Gasteiger partial charge >= 0.3 is 0 Å². The lowest BCUT2D eigenvalue weighted by Crippen LogP contribution is -2.31. The van der Waals surface area contributed by atoms with Crippen LogP contribution in [0, 0.1) is 13.8 Å².